The van der Waals surface area contributed by atoms with Gasteiger partial charge in [-0.2, -0.15) is 0 Å². The van der Waals surface area contributed by atoms with Gasteiger partial charge in [-0.25, -0.2) is 8.42 Å². The summed E-state index contributed by atoms with van der Waals surface area (Å²) in [6.45, 7) is 0. The summed E-state index contributed by atoms with van der Waals surface area (Å²) in [5, 5.41) is -0.611. The zero-order valence-corrected chi connectivity index (χ0v) is 13.2. The van der Waals surface area contributed by atoms with E-state index in [9.17, 15) is 8.42 Å². The van der Waals surface area contributed by atoms with Crippen molar-refractivity contribution in [2.24, 2.45) is 0 Å². The van der Waals surface area contributed by atoms with Crippen molar-refractivity contribution in [3.05, 3.63) is 29.8 Å². The van der Waals surface area contributed by atoms with Gasteiger partial charge in [0, 0.05) is 0 Å². The van der Waals surface area contributed by atoms with Crippen molar-refractivity contribution in [2.75, 3.05) is 14.2 Å². The monoisotopic (exact) mass is 308 g/mol. The molecule has 2 aliphatic rings. The van der Waals surface area contributed by atoms with Gasteiger partial charge in [0.1, 0.15) is 11.5 Å². The first-order chi connectivity index (χ1) is 10.1. The third-order valence-corrected chi connectivity index (χ3v) is 7.03. The molecular weight excluding hydrogens is 288 g/mol. The molecular formula is C16H20O4S. The lowest BCUT2D eigenvalue weighted by Crippen LogP contribution is -2.38. The van der Waals surface area contributed by atoms with Crippen molar-refractivity contribution in [1.29, 1.82) is 0 Å². The van der Waals surface area contributed by atoms with Gasteiger partial charge in [-0.05, 0) is 37.0 Å². The molecule has 2 atom stereocenters. The van der Waals surface area contributed by atoms with Crippen LogP contribution in [0, 0.1) is 0 Å². The molecule has 0 aliphatic carbocycles. The van der Waals surface area contributed by atoms with Crippen LogP contribution in [-0.4, -0.2) is 33.1 Å². The maximum atomic E-state index is 12.4. The lowest BCUT2D eigenvalue weighted by Gasteiger charge is -2.34. The molecule has 5 heteroatoms. The van der Waals surface area contributed by atoms with Gasteiger partial charge in [0.2, 0.25) is 0 Å². The van der Waals surface area contributed by atoms with Crippen molar-refractivity contribution < 1.29 is 17.9 Å². The van der Waals surface area contributed by atoms with Crippen LogP contribution >= 0.6 is 0 Å². The van der Waals surface area contributed by atoms with Gasteiger partial charge in [0.25, 0.3) is 0 Å². The highest BCUT2D eigenvalue weighted by Gasteiger charge is 2.41. The van der Waals surface area contributed by atoms with Gasteiger partial charge in [0.15, 0.2) is 9.84 Å². The first-order valence-electron chi connectivity index (χ1n) is 7.22. The summed E-state index contributed by atoms with van der Waals surface area (Å²) in [5.74, 6) is 1.47. The number of hydrogen-bond donors (Lipinski definition) is 0. The Bertz CT molecular complexity index is 653. The summed E-state index contributed by atoms with van der Waals surface area (Å²) in [4.78, 5) is 0. The van der Waals surface area contributed by atoms with E-state index in [0.717, 1.165) is 41.9 Å². The van der Waals surface area contributed by atoms with E-state index < -0.39 is 9.84 Å². The number of ether oxygens (including phenoxy) is 2. The molecule has 2 aliphatic heterocycles. The van der Waals surface area contributed by atoms with E-state index in [2.05, 4.69) is 0 Å². The Balaban J connectivity index is 2.12. The normalized spacial score (nSPS) is 26.9. The average Bonchev–Trinajstić information content (AvgIpc) is 2.45. The zero-order valence-electron chi connectivity index (χ0n) is 12.3. The molecule has 0 aromatic heterocycles. The van der Waals surface area contributed by atoms with Crippen LogP contribution in [0.2, 0.25) is 0 Å². The smallest absolute Gasteiger partial charge is 0.159 e. The van der Waals surface area contributed by atoms with E-state index in [0.29, 0.717) is 6.42 Å². The maximum Gasteiger partial charge on any atom is 0.159 e. The summed E-state index contributed by atoms with van der Waals surface area (Å²) >= 11 is 0. The molecule has 0 amide bonds. The van der Waals surface area contributed by atoms with Gasteiger partial charge < -0.3 is 9.47 Å². The predicted octanol–water partition coefficient (Wildman–Crippen LogP) is 2.83. The fourth-order valence-corrected chi connectivity index (χ4v) is 5.66. The highest BCUT2D eigenvalue weighted by molar-refractivity contribution is 7.93. The SMILES string of the molecule is COc1cccc(OC)c1C1=CC2CCCC(C1)S2(=O)=O. The highest BCUT2D eigenvalue weighted by atomic mass is 32.2. The zero-order chi connectivity index (χ0) is 15.0. The number of hydrogen-bond acceptors (Lipinski definition) is 4. The summed E-state index contributed by atoms with van der Waals surface area (Å²) in [5.41, 5.74) is 1.93. The Hall–Kier alpha value is -1.49. The third-order valence-electron chi connectivity index (χ3n) is 4.48. The van der Waals surface area contributed by atoms with Crippen LogP contribution < -0.4 is 9.47 Å². The number of benzene rings is 1. The number of sulfone groups is 1. The molecule has 21 heavy (non-hydrogen) atoms. The predicted molar refractivity (Wildman–Crippen MR) is 82.5 cm³/mol. The quantitative estimate of drug-likeness (QED) is 0.861. The second-order valence-corrected chi connectivity index (χ2v) is 8.06. The Kier molecular flexibility index (Phi) is 3.69. The number of methoxy groups -OCH3 is 2. The maximum absolute atomic E-state index is 12.4. The Morgan fingerprint density at radius 2 is 1.76 bits per heavy atom. The van der Waals surface area contributed by atoms with Crippen LogP contribution in [0.5, 0.6) is 11.5 Å². The summed E-state index contributed by atoms with van der Waals surface area (Å²) < 4.78 is 35.6. The second-order valence-electron chi connectivity index (χ2n) is 5.61. The van der Waals surface area contributed by atoms with Gasteiger partial charge >= 0.3 is 0 Å². The van der Waals surface area contributed by atoms with E-state index in [1.165, 1.54) is 0 Å². The molecule has 4 nitrogen and oxygen atoms in total. The minimum atomic E-state index is -3.00. The summed E-state index contributed by atoms with van der Waals surface area (Å²) in [6, 6.07) is 5.65. The minimum Gasteiger partial charge on any atom is -0.496 e. The van der Waals surface area contributed by atoms with Crippen LogP contribution in [0.25, 0.3) is 5.57 Å². The van der Waals surface area contributed by atoms with Crippen LogP contribution in [0.15, 0.2) is 24.3 Å². The molecule has 0 saturated carbocycles. The minimum absolute atomic E-state index is 0.258. The second kappa shape index (κ2) is 5.37. The molecule has 1 aromatic rings. The van der Waals surface area contributed by atoms with Crippen molar-refractivity contribution in [2.45, 2.75) is 36.2 Å². The molecule has 2 heterocycles. The Morgan fingerprint density at radius 1 is 1.10 bits per heavy atom. The van der Waals surface area contributed by atoms with E-state index in [1.54, 1.807) is 14.2 Å². The van der Waals surface area contributed by atoms with E-state index in [1.807, 2.05) is 24.3 Å². The van der Waals surface area contributed by atoms with Gasteiger partial charge in [0.05, 0.1) is 30.3 Å². The first-order valence-corrected chi connectivity index (χ1v) is 8.83. The molecule has 1 fully saturated rings. The molecule has 1 saturated heterocycles. The molecule has 2 unspecified atom stereocenters. The standard InChI is InChI=1S/C16H20O4S/c1-19-14-7-4-8-15(20-2)16(14)11-9-12-5-3-6-13(10-11)21(12,17)18/h4,7-9,12-13H,3,5-6,10H2,1-2H3. The molecule has 1 aromatic carbocycles. The summed E-state index contributed by atoms with van der Waals surface area (Å²) in [6.07, 6.45) is 4.93. The van der Waals surface area contributed by atoms with Crippen LogP contribution in [0.3, 0.4) is 0 Å². The van der Waals surface area contributed by atoms with E-state index in [-0.39, 0.29) is 10.5 Å². The molecule has 2 bridgehead atoms. The molecule has 0 N–H and O–H groups in total. The van der Waals surface area contributed by atoms with Gasteiger partial charge in [-0.1, -0.05) is 18.6 Å². The van der Waals surface area contributed by atoms with Crippen LogP contribution in [0.4, 0.5) is 0 Å². The van der Waals surface area contributed by atoms with E-state index >= 15 is 0 Å². The third kappa shape index (κ3) is 2.33. The number of rotatable bonds is 3. The van der Waals surface area contributed by atoms with Crippen molar-refractivity contribution in [1.82, 2.24) is 0 Å². The van der Waals surface area contributed by atoms with E-state index in [4.69, 9.17) is 9.47 Å². The van der Waals surface area contributed by atoms with Crippen molar-refractivity contribution in [3.8, 4) is 11.5 Å². The fourth-order valence-electron chi connectivity index (χ4n) is 3.41. The van der Waals surface area contributed by atoms with Gasteiger partial charge in [-0.15, -0.1) is 0 Å². The average molecular weight is 308 g/mol. The summed E-state index contributed by atoms with van der Waals surface area (Å²) in [7, 11) is 0.245. The topological polar surface area (TPSA) is 52.6 Å². The van der Waals surface area contributed by atoms with Crippen molar-refractivity contribution in [3.63, 3.8) is 0 Å². The highest BCUT2D eigenvalue weighted by Crippen LogP contribution is 2.44. The fraction of sp³-hybridized carbons (Fsp3) is 0.500. The number of fused-ring (bicyclic) bond motifs is 2. The Morgan fingerprint density at radius 3 is 2.33 bits per heavy atom. The number of allylic oxidation sites excluding steroid dienone is 1. The van der Waals surface area contributed by atoms with Crippen LogP contribution in [-0.2, 0) is 9.84 Å². The molecule has 0 radical (unpaired) electrons. The lowest BCUT2D eigenvalue weighted by atomic mass is 9.92. The molecule has 114 valence electrons. The largest absolute Gasteiger partial charge is 0.496 e. The first kappa shape index (κ1) is 14.4. The van der Waals surface area contributed by atoms with Gasteiger partial charge in [-0.3, -0.25) is 0 Å². The Labute approximate surface area is 125 Å². The van der Waals surface area contributed by atoms with Crippen LogP contribution in [0.1, 0.15) is 31.2 Å². The lowest BCUT2D eigenvalue weighted by molar-refractivity contribution is 0.391. The molecule has 0 spiro atoms. The van der Waals surface area contributed by atoms with Crippen molar-refractivity contribution >= 4 is 15.4 Å². The molecule has 3 rings (SSSR count).